The molecule has 6 heteroatoms. The third-order valence-electron chi connectivity index (χ3n) is 2.74. The Morgan fingerprint density at radius 2 is 1.91 bits per heavy atom. The van der Waals surface area contributed by atoms with Crippen molar-refractivity contribution in [3.05, 3.63) is 65.2 Å². The lowest BCUT2D eigenvalue weighted by molar-refractivity contribution is 0.0734. The monoisotopic (exact) mass is 297 g/mol. The molecule has 0 saturated heterocycles. The molecule has 0 aliphatic heterocycles. The average Bonchev–Trinajstić information content (AvgIpc) is 2.48. The van der Waals surface area contributed by atoms with Crippen molar-refractivity contribution in [3.63, 3.8) is 0 Å². The SMILES string of the molecule is Cc1ccc(C(=O)Oc2cccc(/C=N\NC(N)=O)c2)cc1. The van der Waals surface area contributed by atoms with Crippen LogP contribution in [0.4, 0.5) is 4.79 Å². The molecule has 0 atom stereocenters. The average molecular weight is 297 g/mol. The van der Waals surface area contributed by atoms with Gasteiger partial charge in [0.2, 0.25) is 0 Å². The molecule has 0 saturated carbocycles. The summed E-state index contributed by atoms with van der Waals surface area (Å²) in [6, 6.07) is 13.1. The lowest BCUT2D eigenvalue weighted by Crippen LogP contribution is -2.24. The van der Waals surface area contributed by atoms with Crippen LogP contribution < -0.4 is 15.9 Å². The van der Waals surface area contributed by atoms with Crippen LogP contribution in [0.5, 0.6) is 5.75 Å². The number of ether oxygens (including phenoxy) is 1. The quantitative estimate of drug-likeness (QED) is 0.392. The van der Waals surface area contributed by atoms with Crippen molar-refractivity contribution in [2.24, 2.45) is 10.8 Å². The Morgan fingerprint density at radius 1 is 1.18 bits per heavy atom. The summed E-state index contributed by atoms with van der Waals surface area (Å²) >= 11 is 0. The van der Waals surface area contributed by atoms with Gasteiger partial charge in [0.25, 0.3) is 0 Å². The van der Waals surface area contributed by atoms with Crippen molar-refractivity contribution in [2.45, 2.75) is 6.92 Å². The second-order valence-corrected chi connectivity index (χ2v) is 4.56. The van der Waals surface area contributed by atoms with Crippen LogP contribution in [0.3, 0.4) is 0 Å². The van der Waals surface area contributed by atoms with Crippen LogP contribution in [-0.4, -0.2) is 18.2 Å². The molecule has 3 N–H and O–H groups in total. The highest BCUT2D eigenvalue weighted by Gasteiger charge is 2.08. The van der Waals surface area contributed by atoms with E-state index in [1.165, 1.54) is 6.21 Å². The second-order valence-electron chi connectivity index (χ2n) is 4.56. The number of rotatable bonds is 4. The van der Waals surface area contributed by atoms with Gasteiger partial charge in [-0.3, -0.25) is 0 Å². The molecule has 2 aromatic rings. The summed E-state index contributed by atoms with van der Waals surface area (Å²) in [5, 5.41) is 3.64. The van der Waals surface area contributed by atoms with E-state index in [0.29, 0.717) is 16.9 Å². The third kappa shape index (κ3) is 4.45. The van der Waals surface area contributed by atoms with E-state index in [4.69, 9.17) is 10.5 Å². The Kier molecular flexibility index (Phi) is 4.87. The highest BCUT2D eigenvalue weighted by atomic mass is 16.5. The summed E-state index contributed by atoms with van der Waals surface area (Å²) < 4.78 is 5.30. The number of urea groups is 1. The van der Waals surface area contributed by atoms with Crippen molar-refractivity contribution in [1.82, 2.24) is 5.43 Å². The fraction of sp³-hybridized carbons (Fsp3) is 0.0625. The van der Waals surface area contributed by atoms with E-state index >= 15 is 0 Å². The zero-order valence-electron chi connectivity index (χ0n) is 11.9. The lowest BCUT2D eigenvalue weighted by Gasteiger charge is -2.05. The van der Waals surface area contributed by atoms with Crippen molar-refractivity contribution < 1.29 is 14.3 Å². The summed E-state index contributed by atoms with van der Waals surface area (Å²) in [4.78, 5) is 22.5. The first-order valence-corrected chi connectivity index (χ1v) is 6.52. The highest BCUT2D eigenvalue weighted by Crippen LogP contribution is 2.14. The normalized spacial score (nSPS) is 10.4. The lowest BCUT2D eigenvalue weighted by atomic mass is 10.1. The summed E-state index contributed by atoms with van der Waals surface area (Å²) in [7, 11) is 0. The molecule has 22 heavy (non-hydrogen) atoms. The van der Waals surface area contributed by atoms with Gasteiger partial charge < -0.3 is 10.5 Å². The van der Waals surface area contributed by atoms with E-state index in [2.05, 4.69) is 10.5 Å². The first-order chi connectivity index (χ1) is 10.5. The standard InChI is InChI=1S/C16H15N3O3/c1-11-5-7-13(8-6-11)15(20)22-14-4-2-3-12(9-14)10-18-19-16(17)21/h2-10H,1H3,(H3,17,19,21)/b18-10-. The summed E-state index contributed by atoms with van der Waals surface area (Å²) in [5.74, 6) is -0.0575. The predicted molar refractivity (Wildman–Crippen MR) is 82.9 cm³/mol. The van der Waals surface area contributed by atoms with Gasteiger partial charge in [-0.1, -0.05) is 29.8 Å². The first kappa shape index (κ1) is 15.2. The number of hydrogen-bond donors (Lipinski definition) is 2. The summed E-state index contributed by atoms with van der Waals surface area (Å²) in [6.07, 6.45) is 1.40. The number of hydrazone groups is 1. The van der Waals surface area contributed by atoms with Gasteiger partial charge in [-0.05, 0) is 36.8 Å². The highest BCUT2D eigenvalue weighted by molar-refractivity contribution is 5.91. The third-order valence-corrected chi connectivity index (χ3v) is 2.74. The Hall–Kier alpha value is -3.15. The van der Waals surface area contributed by atoms with Crippen molar-refractivity contribution >= 4 is 18.2 Å². The number of aryl methyl sites for hydroxylation is 1. The van der Waals surface area contributed by atoms with Crippen LogP contribution in [0.2, 0.25) is 0 Å². The topological polar surface area (TPSA) is 93.8 Å². The molecular weight excluding hydrogens is 282 g/mol. The molecule has 0 radical (unpaired) electrons. The molecule has 0 bridgehead atoms. The summed E-state index contributed by atoms with van der Waals surface area (Å²) in [6.45, 7) is 1.94. The molecule has 0 aromatic heterocycles. The van der Waals surface area contributed by atoms with E-state index in [0.717, 1.165) is 5.56 Å². The van der Waals surface area contributed by atoms with E-state index in [-0.39, 0.29) is 0 Å². The fourth-order valence-corrected chi connectivity index (χ4v) is 1.68. The summed E-state index contributed by atoms with van der Waals surface area (Å²) in [5.41, 5.74) is 9.17. The Labute approximate surface area is 127 Å². The second kappa shape index (κ2) is 7.03. The minimum atomic E-state index is -0.752. The van der Waals surface area contributed by atoms with Gasteiger partial charge >= 0.3 is 12.0 Å². The minimum Gasteiger partial charge on any atom is -0.423 e. The van der Waals surface area contributed by atoms with Gasteiger partial charge in [0.05, 0.1) is 11.8 Å². The Balaban J connectivity index is 2.06. The van der Waals surface area contributed by atoms with Crippen LogP contribution in [-0.2, 0) is 0 Å². The number of carbonyl (C=O) groups is 2. The fourth-order valence-electron chi connectivity index (χ4n) is 1.68. The number of amides is 2. The Bertz CT molecular complexity index is 709. The van der Waals surface area contributed by atoms with Crippen molar-refractivity contribution in [2.75, 3.05) is 0 Å². The minimum absolute atomic E-state index is 0.383. The van der Waals surface area contributed by atoms with Crippen molar-refractivity contribution in [3.8, 4) is 5.75 Å². The van der Waals surface area contributed by atoms with Crippen LogP contribution in [0.25, 0.3) is 0 Å². The van der Waals surface area contributed by atoms with Gasteiger partial charge in [0.15, 0.2) is 0 Å². The molecule has 2 rings (SSSR count). The number of primary amides is 1. The van der Waals surface area contributed by atoms with Crippen LogP contribution in [0, 0.1) is 6.92 Å². The molecule has 2 aromatic carbocycles. The predicted octanol–water partition coefficient (Wildman–Crippen LogP) is 2.22. The molecule has 0 aliphatic carbocycles. The number of benzene rings is 2. The zero-order valence-corrected chi connectivity index (χ0v) is 11.9. The van der Waals surface area contributed by atoms with Gasteiger partial charge in [-0.15, -0.1) is 0 Å². The van der Waals surface area contributed by atoms with E-state index in [9.17, 15) is 9.59 Å². The molecule has 2 amide bonds. The maximum Gasteiger partial charge on any atom is 0.343 e. The van der Waals surface area contributed by atoms with Crippen molar-refractivity contribution in [1.29, 1.82) is 0 Å². The molecule has 0 fully saturated rings. The van der Waals surface area contributed by atoms with Gasteiger partial charge in [-0.25, -0.2) is 15.0 Å². The van der Waals surface area contributed by atoms with E-state index < -0.39 is 12.0 Å². The van der Waals surface area contributed by atoms with Crippen LogP contribution >= 0.6 is 0 Å². The number of nitrogens with one attached hydrogen (secondary N) is 1. The number of esters is 1. The number of nitrogens with zero attached hydrogens (tertiary/aromatic N) is 1. The Morgan fingerprint density at radius 3 is 2.59 bits per heavy atom. The molecule has 0 heterocycles. The molecule has 6 nitrogen and oxygen atoms in total. The number of hydrogen-bond acceptors (Lipinski definition) is 4. The molecule has 112 valence electrons. The maximum atomic E-state index is 12.0. The van der Waals surface area contributed by atoms with E-state index in [1.54, 1.807) is 36.4 Å². The largest absolute Gasteiger partial charge is 0.423 e. The van der Waals surface area contributed by atoms with Crippen LogP contribution in [0.15, 0.2) is 53.6 Å². The van der Waals surface area contributed by atoms with Crippen LogP contribution in [0.1, 0.15) is 21.5 Å². The van der Waals surface area contributed by atoms with Gasteiger partial charge in [0, 0.05) is 0 Å². The molecule has 0 aliphatic rings. The van der Waals surface area contributed by atoms with Gasteiger partial charge in [-0.2, -0.15) is 5.10 Å². The smallest absolute Gasteiger partial charge is 0.343 e. The maximum absolute atomic E-state index is 12.0. The molecule has 0 unspecified atom stereocenters. The zero-order chi connectivity index (χ0) is 15.9. The number of carbonyl (C=O) groups excluding carboxylic acids is 2. The van der Waals surface area contributed by atoms with E-state index in [1.807, 2.05) is 19.1 Å². The molecule has 0 spiro atoms. The first-order valence-electron chi connectivity index (χ1n) is 6.52. The van der Waals surface area contributed by atoms with Gasteiger partial charge in [0.1, 0.15) is 5.75 Å². The molecular formula is C16H15N3O3. The number of nitrogens with two attached hydrogens (primary N) is 1.